The third kappa shape index (κ3) is 3.08. The van der Waals surface area contributed by atoms with Crippen LogP contribution in [0.25, 0.3) is 10.6 Å². The number of carbonyl (C=O) groups excluding carboxylic acids is 2. The van der Waals surface area contributed by atoms with Gasteiger partial charge < -0.3 is 4.74 Å². The van der Waals surface area contributed by atoms with Gasteiger partial charge in [-0.05, 0) is 29.5 Å². The van der Waals surface area contributed by atoms with Gasteiger partial charge >= 0.3 is 5.97 Å². The normalized spacial score (nSPS) is 15.9. The predicted octanol–water partition coefficient (Wildman–Crippen LogP) is 4.85. The minimum absolute atomic E-state index is 0.00344. The van der Waals surface area contributed by atoms with E-state index in [2.05, 4.69) is 4.98 Å². The summed E-state index contributed by atoms with van der Waals surface area (Å²) in [5.74, 6) is -1.22. The van der Waals surface area contributed by atoms with Crippen LogP contribution in [0.15, 0.2) is 34.3 Å². The highest BCUT2D eigenvalue weighted by atomic mass is 32.1. The van der Waals surface area contributed by atoms with Crippen molar-refractivity contribution in [3.8, 4) is 16.3 Å². The smallest absolute Gasteiger partial charge is 0.317 e. The fourth-order valence-electron chi connectivity index (χ4n) is 3.12. The Morgan fingerprint density at radius 3 is 2.96 bits per heavy atom. The number of hydrogen-bond donors (Lipinski definition) is 0. The number of benzene rings is 1. The Balaban J connectivity index is 1.52. The summed E-state index contributed by atoms with van der Waals surface area (Å²) in [4.78, 5) is 28.9. The number of aromatic nitrogens is 1. The van der Waals surface area contributed by atoms with Gasteiger partial charge in [-0.1, -0.05) is 6.92 Å². The lowest BCUT2D eigenvalue weighted by molar-refractivity contribution is -0.133. The number of halogens is 1. The first-order chi connectivity index (χ1) is 12.5. The molecule has 7 heteroatoms. The number of esters is 1. The second-order valence-electron chi connectivity index (χ2n) is 6.17. The lowest BCUT2D eigenvalue weighted by Crippen LogP contribution is -2.13. The van der Waals surface area contributed by atoms with Crippen molar-refractivity contribution >= 4 is 34.4 Å². The van der Waals surface area contributed by atoms with E-state index in [0.29, 0.717) is 11.3 Å². The highest BCUT2D eigenvalue weighted by Gasteiger charge is 2.33. The molecule has 0 radical (unpaired) electrons. The summed E-state index contributed by atoms with van der Waals surface area (Å²) in [5.41, 5.74) is 2.17. The standard InChI is InChI=1S/C19H14FNO3S2/c1-10-6-14(22)18-15(3-2-13(20)17(10)18)24-16(23)7-12-9-26-19(21-12)11-4-5-25-8-11/h2-5,8-10H,6-7H2,1H3. The van der Waals surface area contributed by atoms with Gasteiger partial charge in [-0.2, -0.15) is 11.3 Å². The van der Waals surface area contributed by atoms with Gasteiger partial charge in [-0.25, -0.2) is 9.37 Å². The maximum atomic E-state index is 14.0. The molecule has 0 fully saturated rings. The number of rotatable bonds is 4. The first-order valence-corrected chi connectivity index (χ1v) is 9.88. The molecule has 1 unspecified atom stereocenters. The van der Waals surface area contributed by atoms with Gasteiger partial charge in [0.1, 0.15) is 16.6 Å². The van der Waals surface area contributed by atoms with Crippen molar-refractivity contribution in [1.29, 1.82) is 0 Å². The average molecular weight is 387 g/mol. The molecule has 3 aromatic rings. The fourth-order valence-corrected chi connectivity index (χ4v) is 4.66. The van der Waals surface area contributed by atoms with Crippen LogP contribution in [0, 0.1) is 5.82 Å². The highest BCUT2D eigenvalue weighted by Crippen LogP contribution is 2.39. The summed E-state index contributed by atoms with van der Waals surface area (Å²) < 4.78 is 19.4. The molecule has 132 valence electrons. The van der Waals surface area contributed by atoms with Crippen molar-refractivity contribution in [3.63, 3.8) is 0 Å². The average Bonchev–Trinajstić information content (AvgIpc) is 3.31. The first-order valence-electron chi connectivity index (χ1n) is 8.06. The fraction of sp³-hybridized carbons (Fsp3) is 0.211. The lowest BCUT2D eigenvalue weighted by atomic mass is 10.0. The number of hydrogen-bond acceptors (Lipinski definition) is 6. The Hall–Kier alpha value is -2.38. The number of ketones is 1. The number of thiazole rings is 1. The molecule has 1 aliphatic carbocycles. The molecule has 0 spiro atoms. The van der Waals surface area contributed by atoms with E-state index in [-0.39, 0.29) is 35.9 Å². The molecule has 1 aliphatic rings. The number of carbonyl (C=O) groups is 2. The van der Waals surface area contributed by atoms with E-state index in [1.807, 2.05) is 22.2 Å². The maximum absolute atomic E-state index is 14.0. The predicted molar refractivity (Wildman–Crippen MR) is 98.5 cm³/mol. The third-order valence-corrected chi connectivity index (χ3v) is 5.91. The van der Waals surface area contributed by atoms with Crippen LogP contribution in [0.1, 0.15) is 40.9 Å². The van der Waals surface area contributed by atoms with E-state index >= 15 is 0 Å². The van der Waals surface area contributed by atoms with Gasteiger partial charge in [0.25, 0.3) is 0 Å². The Bertz CT molecular complexity index is 994. The second-order valence-corrected chi connectivity index (χ2v) is 7.81. The minimum atomic E-state index is -0.520. The van der Waals surface area contributed by atoms with Crippen LogP contribution in [0.4, 0.5) is 4.39 Å². The number of ether oxygens (including phenoxy) is 1. The Morgan fingerprint density at radius 1 is 1.35 bits per heavy atom. The van der Waals surface area contributed by atoms with E-state index in [9.17, 15) is 14.0 Å². The van der Waals surface area contributed by atoms with Crippen molar-refractivity contribution in [2.45, 2.75) is 25.7 Å². The van der Waals surface area contributed by atoms with Crippen LogP contribution in [-0.4, -0.2) is 16.7 Å². The van der Waals surface area contributed by atoms with Crippen LogP contribution in [-0.2, 0) is 11.2 Å². The lowest BCUT2D eigenvalue weighted by Gasteiger charge is -2.10. The molecular formula is C19H14FNO3S2. The van der Waals surface area contributed by atoms with Gasteiger partial charge in [0.15, 0.2) is 5.78 Å². The Morgan fingerprint density at radius 2 is 2.19 bits per heavy atom. The van der Waals surface area contributed by atoms with Crippen molar-refractivity contribution < 1.29 is 18.7 Å². The molecule has 4 rings (SSSR count). The quantitative estimate of drug-likeness (QED) is 0.474. The van der Waals surface area contributed by atoms with E-state index in [1.54, 1.807) is 18.3 Å². The summed E-state index contributed by atoms with van der Waals surface area (Å²) in [7, 11) is 0. The molecule has 1 atom stereocenters. The molecule has 0 N–H and O–H groups in total. The summed E-state index contributed by atoms with van der Waals surface area (Å²) in [6.07, 6.45) is 0.230. The molecule has 0 saturated heterocycles. The molecule has 2 aromatic heterocycles. The molecule has 0 aliphatic heterocycles. The van der Waals surface area contributed by atoms with Crippen molar-refractivity contribution in [3.05, 3.63) is 57.0 Å². The Kier molecular flexibility index (Phi) is 4.42. The van der Waals surface area contributed by atoms with Crippen LogP contribution >= 0.6 is 22.7 Å². The van der Waals surface area contributed by atoms with Gasteiger partial charge in [-0.3, -0.25) is 9.59 Å². The van der Waals surface area contributed by atoms with Crippen molar-refractivity contribution in [2.24, 2.45) is 0 Å². The number of thiophene rings is 1. The zero-order chi connectivity index (χ0) is 18.3. The van der Waals surface area contributed by atoms with Gasteiger partial charge in [0.05, 0.1) is 17.7 Å². The largest absolute Gasteiger partial charge is 0.425 e. The van der Waals surface area contributed by atoms with E-state index in [4.69, 9.17) is 4.74 Å². The molecule has 0 bridgehead atoms. The first kappa shape index (κ1) is 17.1. The van der Waals surface area contributed by atoms with Crippen LogP contribution in [0.5, 0.6) is 5.75 Å². The monoisotopic (exact) mass is 387 g/mol. The number of nitrogens with zero attached hydrogens (tertiary/aromatic N) is 1. The zero-order valence-electron chi connectivity index (χ0n) is 13.8. The molecule has 0 saturated carbocycles. The topological polar surface area (TPSA) is 56.3 Å². The van der Waals surface area contributed by atoms with Crippen molar-refractivity contribution in [2.75, 3.05) is 0 Å². The van der Waals surface area contributed by atoms with Gasteiger partial charge in [-0.15, -0.1) is 11.3 Å². The molecular weight excluding hydrogens is 373 g/mol. The summed E-state index contributed by atoms with van der Waals surface area (Å²) >= 11 is 3.05. The Labute approximate surface area is 157 Å². The van der Waals surface area contributed by atoms with Gasteiger partial charge in [0.2, 0.25) is 0 Å². The number of fused-ring (bicyclic) bond motifs is 1. The van der Waals surface area contributed by atoms with E-state index in [1.165, 1.54) is 23.5 Å². The zero-order valence-corrected chi connectivity index (χ0v) is 15.5. The second kappa shape index (κ2) is 6.74. The van der Waals surface area contributed by atoms with Crippen LogP contribution in [0.2, 0.25) is 0 Å². The van der Waals surface area contributed by atoms with Crippen LogP contribution < -0.4 is 4.74 Å². The van der Waals surface area contributed by atoms with E-state index in [0.717, 1.165) is 10.6 Å². The summed E-state index contributed by atoms with van der Waals surface area (Å²) in [6.45, 7) is 1.79. The third-order valence-electron chi connectivity index (χ3n) is 4.29. The molecule has 4 nitrogen and oxygen atoms in total. The molecule has 26 heavy (non-hydrogen) atoms. The van der Waals surface area contributed by atoms with E-state index < -0.39 is 11.8 Å². The minimum Gasteiger partial charge on any atom is -0.425 e. The SMILES string of the molecule is CC1CC(=O)c2c(OC(=O)Cc3csc(-c4ccsc4)n3)ccc(F)c21. The number of Topliss-reactive ketones (excluding diaryl/α,β-unsaturated/α-hetero) is 1. The molecule has 0 amide bonds. The summed E-state index contributed by atoms with van der Waals surface area (Å²) in [6, 6.07) is 4.56. The molecule has 2 heterocycles. The van der Waals surface area contributed by atoms with Crippen LogP contribution in [0.3, 0.4) is 0 Å². The maximum Gasteiger partial charge on any atom is 0.317 e. The highest BCUT2D eigenvalue weighted by molar-refractivity contribution is 7.14. The van der Waals surface area contributed by atoms with Crippen molar-refractivity contribution in [1.82, 2.24) is 4.98 Å². The van der Waals surface area contributed by atoms with Gasteiger partial charge in [0, 0.05) is 28.3 Å². The molecule has 1 aromatic carbocycles. The summed E-state index contributed by atoms with van der Waals surface area (Å²) in [5, 5.41) is 6.63.